The Bertz CT molecular complexity index is 771. The van der Waals surface area contributed by atoms with Crippen LogP contribution >= 0.6 is 0 Å². The first-order chi connectivity index (χ1) is 18.9. The first kappa shape index (κ1) is 37.3. The summed E-state index contributed by atoms with van der Waals surface area (Å²) in [5, 5.41) is 30.6. The zero-order chi connectivity index (χ0) is 30.4. The summed E-state index contributed by atoms with van der Waals surface area (Å²) in [7, 11) is 0. The van der Waals surface area contributed by atoms with E-state index in [0.717, 1.165) is 64.2 Å². The Morgan fingerprint density at radius 3 is 1.80 bits per heavy atom. The van der Waals surface area contributed by atoms with Crippen LogP contribution in [0.15, 0.2) is 0 Å². The molecule has 0 heterocycles. The highest BCUT2D eigenvalue weighted by molar-refractivity contribution is 5.81. The maximum absolute atomic E-state index is 12.5. The van der Waals surface area contributed by atoms with E-state index in [1.165, 1.54) is 4.90 Å². The van der Waals surface area contributed by atoms with E-state index < -0.39 is 29.4 Å². The molecule has 232 valence electrons. The molecule has 0 fully saturated rings. The Balaban J connectivity index is 4.12. The van der Waals surface area contributed by atoms with Crippen LogP contribution in [0.25, 0.3) is 0 Å². The average molecular weight is 573 g/mol. The van der Waals surface area contributed by atoms with E-state index in [9.17, 15) is 29.1 Å². The van der Waals surface area contributed by atoms with Gasteiger partial charge in [0.1, 0.15) is 12.7 Å². The summed E-state index contributed by atoms with van der Waals surface area (Å²) < 4.78 is 5.23. The lowest BCUT2D eigenvalue weighted by Crippen LogP contribution is -2.41. The van der Waals surface area contributed by atoms with Gasteiger partial charge < -0.3 is 30.3 Å². The molecule has 4 N–H and O–H groups in total. The van der Waals surface area contributed by atoms with E-state index >= 15 is 0 Å². The van der Waals surface area contributed by atoms with Crippen molar-refractivity contribution in [3.63, 3.8) is 0 Å². The second-order valence-corrected chi connectivity index (χ2v) is 11.0. The van der Waals surface area contributed by atoms with E-state index in [4.69, 9.17) is 14.9 Å². The number of aliphatic hydroxyl groups excluding tert-OH is 1. The number of aliphatic carboxylic acids is 2. The molecule has 2 amide bonds. The van der Waals surface area contributed by atoms with Crippen LogP contribution in [0.3, 0.4) is 0 Å². The quantitative estimate of drug-likeness (QED) is 0.0935. The number of hydrogen-bond acceptors (Lipinski definition) is 7. The molecule has 11 heteroatoms. The van der Waals surface area contributed by atoms with Crippen molar-refractivity contribution in [3.05, 3.63) is 0 Å². The van der Waals surface area contributed by atoms with Crippen LogP contribution in [0.4, 0.5) is 0 Å². The molecule has 0 aliphatic rings. The predicted molar refractivity (Wildman–Crippen MR) is 151 cm³/mol. The zero-order valence-electron chi connectivity index (χ0n) is 24.8. The number of nitrogens with one attached hydrogen (secondary N) is 1. The molecule has 0 spiro atoms. The van der Waals surface area contributed by atoms with E-state index in [0.29, 0.717) is 19.5 Å². The number of carbonyl (C=O) groups excluding carboxylic acids is 3. The fraction of sp³-hybridized carbons (Fsp3) is 0.828. The Morgan fingerprint density at radius 1 is 0.775 bits per heavy atom. The summed E-state index contributed by atoms with van der Waals surface area (Å²) >= 11 is 0. The summed E-state index contributed by atoms with van der Waals surface area (Å²) in [6.07, 6.45) is 9.14. The molecule has 0 radical (unpaired) electrons. The molecule has 1 atom stereocenters. The smallest absolute Gasteiger partial charge is 0.311 e. The van der Waals surface area contributed by atoms with E-state index in [1.807, 2.05) is 6.92 Å². The highest BCUT2D eigenvalue weighted by Gasteiger charge is 2.28. The molecule has 0 saturated heterocycles. The molecule has 0 saturated carbocycles. The van der Waals surface area contributed by atoms with Gasteiger partial charge in [-0.2, -0.15) is 0 Å². The molecule has 0 aromatic heterocycles. The lowest BCUT2D eigenvalue weighted by Gasteiger charge is -2.26. The third kappa shape index (κ3) is 20.2. The second kappa shape index (κ2) is 22.1. The van der Waals surface area contributed by atoms with Crippen molar-refractivity contribution in [2.24, 2.45) is 5.41 Å². The second-order valence-electron chi connectivity index (χ2n) is 11.0. The Kier molecular flexibility index (Phi) is 20.6. The van der Waals surface area contributed by atoms with E-state index in [1.54, 1.807) is 13.8 Å². The van der Waals surface area contributed by atoms with Crippen LogP contribution in [0.5, 0.6) is 0 Å². The van der Waals surface area contributed by atoms with Gasteiger partial charge in [-0.1, -0.05) is 58.3 Å². The standard InChI is InChI=1S/C29H52N2O9/c1-4-29(2,3)28(39)40-22-23(32)21-31(25(34)16-18-27(37)38)20-14-12-10-8-6-5-7-9-11-13-19-30-24(33)15-17-26(35)36/h23,32H,4-22H2,1-3H3,(H,30,33)(H,35,36)(H,37,38). The van der Waals surface area contributed by atoms with Gasteiger partial charge in [-0.25, -0.2) is 0 Å². The Morgan fingerprint density at radius 2 is 1.27 bits per heavy atom. The van der Waals surface area contributed by atoms with Crippen LogP contribution in [0, 0.1) is 5.41 Å². The predicted octanol–water partition coefficient (Wildman–Crippen LogP) is 3.90. The van der Waals surface area contributed by atoms with Gasteiger partial charge in [-0.15, -0.1) is 0 Å². The van der Waals surface area contributed by atoms with Crippen molar-refractivity contribution in [2.75, 3.05) is 26.2 Å². The number of amides is 2. The number of carboxylic acids is 2. The molecule has 0 aliphatic heterocycles. The number of carboxylic acid groups (broad SMARTS) is 2. The normalized spacial score (nSPS) is 12.0. The number of unbranched alkanes of at least 4 members (excludes halogenated alkanes) is 9. The molecule has 40 heavy (non-hydrogen) atoms. The molecule has 0 aromatic carbocycles. The van der Waals surface area contributed by atoms with Crippen molar-refractivity contribution in [1.82, 2.24) is 10.2 Å². The minimum Gasteiger partial charge on any atom is -0.481 e. The van der Waals surface area contributed by atoms with Gasteiger partial charge in [0.15, 0.2) is 0 Å². The van der Waals surface area contributed by atoms with Crippen LogP contribution in [0.1, 0.15) is 117 Å². The van der Waals surface area contributed by atoms with Gasteiger partial charge in [-0.05, 0) is 33.1 Å². The van der Waals surface area contributed by atoms with Gasteiger partial charge >= 0.3 is 17.9 Å². The fourth-order valence-electron chi connectivity index (χ4n) is 3.89. The van der Waals surface area contributed by atoms with Crippen molar-refractivity contribution in [1.29, 1.82) is 0 Å². The molecule has 0 bridgehead atoms. The fourth-order valence-corrected chi connectivity index (χ4v) is 3.89. The van der Waals surface area contributed by atoms with Gasteiger partial charge in [0.05, 0.1) is 18.3 Å². The van der Waals surface area contributed by atoms with Gasteiger partial charge in [0, 0.05) is 32.5 Å². The highest BCUT2D eigenvalue weighted by atomic mass is 16.5. The largest absolute Gasteiger partial charge is 0.481 e. The van der Waals surface area contributed by atoms with E-state index in [2.05, 4.69) is 5.32 Å². The number of rotatable bonds is 25. The van der Waals surface area contributed by atoms with E-state index in [-0.39, 0.29) is 50.6 Å². The molecule has 0 aromatic rings. The maximum Gasteiger partial charge on any atom is 0.311 e. The molecule has 11 nitrogen and oxygen atoms in total. The minimum absolute atomic E-state index is 0.00962. The highest BCUT2D eigenvalue weighted by Crippen LogP contribution is 2.21. The lowest BCUT2D eigenvalue weighted by atomic mass is 9.91. The monoisotopic (exact) mass is 572 g/mol. The Labute approximate surface area is 239 Å². The SMILES string of the molecule is CCC(C)(C)C(=O)OCC(O)CN(CCCCCCCCCCCCNC(=O)CCC(=O)O)C(=O)CCC(=O)O. The maximum atomic E-state index is 12.5. The topological polar surface area (TPSA) is 171 Å². The van der Waals surface area contributed by atoms with Crippen molar-refractivity contribution < 1.29 is 44.0 Å². The third-order valence-electron chi connectivity index (χ3n) is 6.92. The first-order valence-corrected chi connectivity index (χ1v) is 14.7. The van der Waals surface area contributed by atoms with Crippen molar-refractivity contribution in [2.45, 2.75) is 123 Å². The summed E-state index contributed by atoms with van der Waals surface area (Å²) in [5.41, 5.74) is -0.651. The number of aliphatic hydroxyl groups is 1. The van der Waals surface area contributed by atoms with Crippen LogP contribution in [-0.2, 0) is 28.7 Å². The summed E-state index contributed by atoms with van der Waals surface area (Å²) in [5.74, 6) is -2.98. The molecule has 0 rings (SSSR count). The summed E-state index contributed by atoms with van der Waals surface area (Å²) in [6.45, 7) is 6.18. The molecular formula is C29H52N2O9. The number of esters is 1. The number of ether oxygens (including phenoxy) is 1. The first-order valence-electron chi connectivity index (χ1n) is 14.7. The van der Waals surface area contributed by atoms with Crippen LogP contribution < -0.4 is 5.32 Å². The summed E-state index contributed by atoms with van der Waals surface area (Å²) in [6, 6.07) is 0. The lowest BCUT2D eigenvalue weighted by molar-refractivity contribution is -0.157. The Hall–Kier alpha value is -2.69. The number of nitrogens with zero attached hydrogens (tertiary/aromatic N) is 1. The van der Waals surface area contributed by atoms with Gasteiger partial charge in [0.2, 0.25) is 11.8 Å². The van der Waals surface area contributed by atoms with Crippen LogP contribution in [-0.4, -0.2) is 82.3 Å². The average Bonchev–Trinajstić information content (AvgIpc) is 2.90. The van der Waals surface area contributed by atoms with Crippen molar-refractivity contribution >= 4 is 29.7 Å². The number of hydrogen-bond donors (Lipinski definition) is 4. The van der Waals surface area contributed by atoms with Crippen molar-refractivity contribution in [3.8, 4) is 0 Å². The third-order valence-corrected chi connectivity index (χ3v) is 6.92. The van der Waals surface area contributed by atoms with Crippen LogP contribution in [0.2, 0.25) is 0 Å². The molecular weight excluding hydrogens is 520 g/mol. The number of carbonyl (C=O) groups is 5. The van der Waals surface area contributed by atoms with Gasteiger partial charge in [-0.3, -0.25) is 24.0 Å². The van der Waals surface area contributed by atoms with Gasteiger partial charge in [0.25, 0.3) is 0 Å². The molecule has 0 aliphatic carbocycles. The zero-order valence-corrected chi connectivity index (χ0v) is 24.8. The molecule has 1 unspecified atom stereocenters. The summed E-state index contributed by atoms with van der Waals surface area (Å²) in [4.78, 5) is 58.9. The minimum atomic E-state index is -1.05.